The molecule has 2 rings (SSSR count). The topological polar surface area (TPSA) is 50.4 Å². The molecule has 0 saturated heterocycles. The van der Waals surface area contributed by atoms with Gasteiger partial charge in [-0.1, -0.05) is 37.3 Å². The Morgan fingerprint density at radius 1 is 1.09 bits per heavy atom. The molecule has 0 aliphatic heterocycles. The summed E-state index contributed by atoms with van der Waals surface area (Å²) in [5.74, 6) is 1.38. The first-order valence-corrected chi connectivity index (χ1v) is 8.10. The average molecular weight is 427 g/mol. The van der Waals surface area contributed by atoms with Gasteiger partial charge in [-0.05, 0) is 36.2 Å². The van der Waals surface area contributed by atoms with E-state index in [1.807, 2.05) is 30.3 Å². The molecule has 3 nitrogen and oxygen atoms in total. The van der Waals surface area contributed by atoms with Crippen LogP contribution in [0.4, 0.5) is 5.69 Å². The quantitative estimate of drug-likeness (QED) is 0.237. The number of nitrogens with two attached hydrogens (primary N) is 1. The minimum Gasteiger partial charge on any atom is -0.370 e. The van der Waals surface area contributed by atoms with Crippen LogP contribution >= 0.6 is 35.7 Å². The first kappa shape index (κ1) is 18.8. The van der Waals surface area contributed by atoms with Gasteiger partial charge < -0.3 is 11.1 Å². The number of rotatable bonds is 6. The molecule has 0 radical (unpaired) electrons. The Kier molecular flexibility index (Phi) is 9.00. The van der Waals surface area contributed by atoms with Crippen LogP contribution in [0.3, 0.4) is 0 Å². The normalized spacial score (nSPS) is 10.9. The summed E-state index contributed by atoms with van der Waals surface area (Å²) in [6.45, 7) is 2.84. The van der Waals surface area contributed by atoms with Gasteiger partial charge in [0.05, 0.1) is 6.54 Å². The molecule has 0 aliphatic carbocycles. The zero-order valence-electron chi connectivity index (χ0n) is 12.7. The van der Waals surface area contributed by atoms with Gasteiger partial charge in [0.1, 0.15) is 0 Å². The third-order valence-corrected chi connectivity index (χ3v) is 4.01. The highest BCUT2D eigenvalue weighted by Crippen LogP contribution is 2.16. The summed E-state index contributed by atoms with van der Waals surface area (Å²) >= 11 is 1.78. The van der Waals surface area contributed by atoms with E-state index in [0.29, 0.717) is 12.5 Å². The lowest BCUT2D eigenvalue weighted by atomic mass is 10.1. The van der Waals surface area contributed by atoms with Gasteiger partial charge in [0.2, 0.25) is 0 Å². The molecule has 0 unspecified atom stereocenters. The van der Waals surface area contributed by atoms with Crippen LogP contribution in [-0.2, 0) is 6.42 Å². The SMILES string of the molecule is CCc1ccc(NC(N)=NCCSc2ccccc2)cc1.I. The highest BCUT2D eigenvalue weighted by molar-refractivity contribution is 14.0. The van der Waals surface area contributed by atoms with E-state index < -0.39 is 0 Å². The number of nitrogens with zero attached hydrogens (tertiary/aromatic N) is 1. The van der Waals surface area contributed by atoms with Crippen molar-refractivity contribution in [2.45, 2.75) is 18.2 Å². The van der Waals surface area contributed by atoms with E-state index in [4.69, 9.17) is 5.73 Å². The summed E-state index contributed by atoms with van der Waals surface area (Å²) in [6.07, 6.45) is 1.04. The molecule has 3 N–H and O–H groups in total. The largest absolute Gasteiger partial charge is 0.370 e. The Morgan fingerprint density at radius 2 is 1.77 bits per heavy atom. The molecular weight excluding hydrogens is 405 g/mol. The third kappa shape index (κ3) is 6.70. The summed E-state index contributed by atoms with van der Waals surface area (Å²) in [7, 11) is 0. The van der Waals surface area contributed by atoms with E-state index in [-0.39, 0.29) is 24.0 Å². The predicted octanol–water partition coefficient (Wildman–Crippen LogP) is 4.39. The lowest BCUT2D eigenvalue weighted by molar-refractivity contribution is 1.13. The van der Waals surface area contributed by atoms with Crippen molar-refractivity contribution in [3.8, 4) is 0 Å². The van der Waals surface area contributed by atoms with Crippen LogP contribution in [0.2, 0.25) is 0 Å². The Labute approximate surface area is 153 Å². The highest BCUT2D eigenvalue weighted by Gasteiger charge is 1.96. The van der Waals surface area contributed by atoms with Gasteiger partial charge in [-0.2, -0.15) is 0 Å². The summed E-state index contributed by atoms with van der Waals surface area (Å²) < 4.78 is 0. The zero-order valence-corrected chi connectivity index (χ0v) is 15.8. The van der Waals surface area contributed by atoms with Gasteiger partial charge in [0, 0.05) is 16.3 Å². The molecular formula is C17H22IN3S. The summed E-state index contributed by atoms with van der Waals surface area (Å²) in [5.41, 5.74) is 8.18. The molecule has 0 aliphatic rings. The second-order valence-electron chi connectivity index (χ2n) is 4.60. The number of thioether (sulfide) groups is 1. The lowest BCUT2D eigenvalue weighted by Gasteiger charge is -2.06. The second-order valence-corrected chi connectivity index (χ2v) is 5.77. The van der Waals surface area contributed by atoms with Crippen molar-refractivity contribution in [3.05, 3.63) is 60.2 Å². The number of anilines is 1. The second kappa shape index (κ2) is 10.5. The smallest absolute Gasteiger partial charge is 0.193 e. The number of nitrogens with one attached hydrogen (secondary N) is 1. The maximum Gasteiger partial charge on any atom is 0.193 e. The fourth-order valence-electron chi connectivity index (χ4n) is 1.86. The van der Waals surface area contributed by atoms with Gasteiger partial charge in [0.15, 0.2) is 5.96 Å². The van der Waals surface area contributed by atoms with E-state index in [0.717, 1.165) is 17.9 Å². The van der Waals surface area contributed by atoms with Crippen molar-refractivity contribution in [2.24, 2.45) is 10.7 Å². The van der Waals surface area contributed by atoms with Crippen LogP contribution in [0.1, 0.15) is 12.5 Å². The molecule has 0 heterocycles. The lowest BCUT2D eigenvalue weighted by Crippen LogP contribution is -2.23. The molecule has 2 aromatic rings. The van der Waals surface area contributed by atoms with Crippen LogP contribution < -0.4 is 11.1 Å². The van der Waals surface area contributed by atoms with Gasteiger partial charge >= 0.3 is 0 Å². The number of guanidine groups is 1. The fourth-order valence-corrected chi connectivity index (χ4v) is 2.63. The van der Waals surface area contributed by atoms with Gasteiger partial charge in [-0.15, -0.1) is 35.7 Å². The Morgan fingerprint density at radius 3 is 2.41 bits per heavy atom. The maximum atomic E-state index is 5.89. The summed E-state index contributed by atoms with van der Waals surface area (Å²) in [6, 6.07) is 18.6. The van der Waals surface area contributed by atoms with Gasteiger partial charge in [-0.3, -0.25) is 4.99 Å². The predicted molar refractivity (Wildman–Crippen MR) is 109 cm³/mol. The van der Waals surface area contributed by atoms with Crippen LogP contribution in [0.15, 0.2) is 64.5 Å². The van der Waals surface area contributed by atoms with Gasteiger partial charge in [-0.25, -0.2) is 0 Å². The Balaban J connectivity index is 0.00000242. The number of hydrogen-bond acceptors (Lipinski definition) is 2. The van der Waals surface area contributed by atoms with Crippen LogP contribution in [0, 0.1) is 0 Å². The standard InChI is InChI=1S/C17H21N3S.HI/c1-2-14-8-10-15(11-9-14)20-17(18)19-12-13-21-16-6-4-3-5-7-16;/h3-11H,2,12-13H2,1H3,(H3,18,19,20);1H. The minimum atomic E-state index is 0. The molecule has 0 fully saturated rings. The minimum absolute atomic E-state index is 0. The Hall–Kier alpha value is -1.21. The number of benzene rings is 2. The first-order chi connectivity index (χ1) is 10.3. The van der Waals surface area contributed by atoms with Crippen molar-refractivity contribution in [1.29, 1.82) is 0 Å². The molecule has 5 heteroatoms. The number of halogens is 1. The molecule has 0 atom stereocenters. The third-order valence-electron chi connectivity index (χ3n) is 3.02. The van der Waals surface area contributed by atoms with Crippen LogP contribution in [0.25, 0.3) is 0 Å². The van der Waals surface area contributed by atoms with E-state index in [2.05, 4.69) is 41.5 Å². The van der Waals surface area contributed by atoms with Crippen LogP contribution in [0.5, 0.6) is 0 Å². The van der Waals surface area contributed by atoms with E-state index in [9.17, 15) is 0 Å². The summed E-state index contributed by atoms with van der Waals surface area (Å²) in [4.78, 5) is 5.60. The number of aryl methyl sites for hydroxylation is 1. The maximum absolute atomic E-state index is 5.89. The van der Waals surface area contributed by atoms with Crippen molar-refractivity contribution in [3.63, 3.8) is 0 Å². The fraction of sp³-hybridized carbons (Fsp3) is 0.235. The molecule has 22 heavy (non-hydrogen) atoms. The first-order valence-electron chi connectivity index (χ1n) is 7.11. The van der Waals surface area contributed by atoms with Crippen molar-refractivity contribution in [2.75, 3.05) is 17.6 Å². The molecule has 0 aromatic heterocycles. The molecule has 2 aromatic carbocycles. The monoisotopic (exact) mass is 427 g/mol. The van der Waals surface area contributed by atoms with E-state index in [1.165, 1.54) is 10.5 Å². The van der Waals surface area contributed by atoms with Crippen molar-refractivity contribution < 1.29 is 0 Å². The Bertz CT molecular complexity index is 570. The average Bonchev–Trinajstić information content (AvgIpc) is 2.53. The summed E-state index contributed by atoms with van der Waals surface area (Å²) in [5, 5.41) is 3.11. The highest BCUT2D eigenvalue weighted by atomic mass is 127. The van der Waals surface area contributed by atoms with E-state index >= 15 is 0 Å². The number of hydrogen-bond donors (Lipinski definition) is 2. The van der Waals surface area contributed by atoms with E-state index in [1.54, 1.807) is 11.8 Å². The molecule has 0 spiro atoms. The van der Waals surface area contributed by atoms with Crippen molar-refractivity contribution >= 4 is 47.4 Å². The molecule has 118 valence electrons. The molecule has 0 saturated carbocycles. The number of aliphatic imine (C=N–C) groups is 1. The zero-order chi connectivity index (χ0) is 14.9. The van der Waals surface area contributed by atoms with Gasteiger partial charge in [0.25, 0.3) is 0 Å². The molecule has 0 bridgehead atoms. The van der Waals surface area contributed by atoms with Crippen LogP contribution in [-0.4, -0.2) is 18.3 Å². The molecule has 0 amide bonds. The van der Waals surface area contributed by atoms with Crippen molar-refractivity contribution in [1.82, 2.24) is 0 Å².